The van der Waals surface area contributed by atoms with Gasteiger partial charge in [0.25, 0.3) is 0 Å². The zero-order chi connectivity index (χ0) is 38.3. The van der Waals surface area contributed by atoms with Crippen LogP contribution < -0.4 is 0 Å². The fraction of sp³-hybridized carbons (Fsp3) is 0.333. The first-order valence-electron chi connectivity index (χ1n) is 19.1. The molecule has 0 atom stereocenters. The summed E-state index contributed by atoms with van der Waals surface area (Å²) in [6.07, 6.45) is 0. The van der Waals surface area contributed by atoms with E-state index in [0.29, 0.717) is 0 Å². The number of thiophene rings is 2. The van der Waals surface area contributed by atoms with Crippen LogP contribution in [0.1, 0.15) is 105 Å². The molecule has 5 heterocycles. The molecule has 8 bridgehead atoms. The van der Waals surface area contributed by atoms with Crippen LogP contribution in [0, 0.1) is 0 Å². The molecule has 0 aliphatic carbocycles. The highest BCUT2D eigenvalue weighted by Crippen LogP contribution is 2.44. The average Bonchev–Trinajstić information content (AvgIpc) is 3.77. The number of nitrogens with one attached hydrogen (secondary N) is 2. The number of fused-ring (bicyclic) bond motifs is 8. The van der Waals surface area contributed by atoms with Crippen LogP contribution in [-0.4, -0.2) is 9.97 Å². The van der Waals surface area contributed by atoms with Crippen molar-refractivity contribution in [1.29, 1.82) is 0 Å². The fourth-order valence-electron chi connectivity index (χ4n) is 7.55. The Morgan fingerprint density at radius 1 is 0.296 bits per heavy atom. The number of H-pyrrole nitrogens is 2. The van der Waals surface area contributed by atoms with Crippen molar-refractivity contribution >= 4 is 127 Å². The second-order valence-electron chi connectivity index (χ2n) is 19.4. The topological polar surface area (TPSA) is 31.6 Å². The number of rotatable bonds is 0. The average molecular weight is 783 g/mol. The maximum absolute atomic E-state index is 4.11. The summed E-state index contributed by atoms with van der Waals surface area (Å²) in [7, 11) is 0. The van der Waals surface area contributed by atoms with Gasteiger partial charge in [-0.2, -0.15) is 0 Å². The lowest BCUT2D eigenvalue weighted by Gasteiger charge is -2.22. The molecule has 0 aliphatic rings. The molecule has 6 heteroatoms. The summed E-state index contributed by atoms with van der Waals surface area (Å²) in [6, 6.07) is 29.0. The first kappa shape index (κ1) is 36.0. The van der Waals surface area contributed by atoms with Gasteiger partial charge in [0.1, 0.15) is 0 Å². The quantitative estimate of drug-likeness (QED) is 0.144. The monoisotopic (exact) mass is 782 g/mol. The molecular weight excluding hydrogens is 733 g/mol. The Labute approximate surface area is 334 Å². The van der Waals surface area contributed by atoms with Crippen molar-refractivity contribution in [3.63, 3.8) is 0 Å². The molecule has 54 heavy (non-hydrogen) atoms. The van der Waals surface area contributed by atoms with Crippen LogP contribution in [-0.2, 0) is 21.7 Å². The number of aromatic amines is 2. The van der Waals surface area contributed by atoms with E-state index in [2.05, 4.69) is 166 Å². The Kier molecular flexibility index (Phi) is 7.94. The standard InChI is InChI=1S/C48H50N2S4/c1-45(2,3)25-17-29-33-13-14-34(51-33)30-19-27(47(7,8)9)23-39-43(30)50-44-32(20-28(48(10,11)12)24-40(44)54-39)36-16-15-35(52-36)31-18-26(46(4,5)6)22-38-42(31)49-41(29)37(21-25)53-38/h13-24,49-50H,1-12H3. The molecule has 2 N–H and O–H groups in total. The van der Waals surface area contributed by atoms with Gasteiger partial charge in [0.15, 0.2) is 0 Å². The van der Waals surface area contributed by atoms with Crippen molar-refractivity contribution < 1.29 is 0 Å². The van der Waals surface area contributed by atoms with Gasteiger partial charge in [0, 0.05) is 40.3 Å². The van der Waals surface area contributed by atoms with Gasteiger partial charge in [-0.15, -0.1) is 45.3 Å². The van der Waals surface area contributed by atoms with Crippen LogP contribution in [0.25, 0.3) is 81.2 Å². The van der Waals surface area contributed by atoms with E-state index >= 15 is 0 Å². The second-order valence-corrected chi connectivity index (χ2v) is 23.7. The lowest BCUT2D eigenvalue weighted by atomic mass is 9.86. The lowest BCUT2D eigenvalue weighted by molar-refractivity contribution is 0.591. The number of aromatic nitrogens is 2. The number of benzene rings is 4. The van der Waals surface area contributed by atoms with Gasteiger partial charge in [-0.3, -0.25) is 0 Å². The Bertz CT molecular complexity index is 2670. The third-order valence-corrected chi connectivity index (χ3v) is 15.6. The van der Waals surface area contributed by atoms with Gasteiger partial charge in [-0.05, 0) is 117 Å². The molecule has 4 aromatic carbocycles. The van der Waals surface area contributed by atoms with Gasteiger partial charge >= 0.3 is 0 Å². The third kappa shape index (κ3) is 6.00. The van der Waals surface area contributed by atoms with Crippen molar-refractivity contribution in [3.05, 3.63) is 95.1 Å². The van der Waals surface area contributed by atoms with E-state index < -0.39 is 0 Å². The van der Waals surface area contributed by atoms with E-state index in [4.69, 9.17) is 0 Å². The Hall–Kier alpha value is -3.68. The predicted molar refractivity (Wildman–Crippen MR) is 248 cm³/mol. The van der Waals surface area contributed by atoms with E-state index in [0.717, 1.165) is 0 Å². The molecule has 2 nitrogen and oxygen atoms in total. The van der Waals surface area contributed by atoms with Gasteiger partial charge in [-0.1, -0.05) is 83.1 Å². The zero-order valence-electron chi connectivity index (χ0n) is 33.6. The fourth-order valence-corrected chi connectivity index (χ4v) is 11.9. The van der Waals surface area contributed by atoms with Crippen molar-refractivity contribution in [3.8, 4) is 0 Å². The van der Waals surface area contributed by atoms with Crippen LogP contribution in [0.4, 0.5) is 0 Å². The van der Waals surface area contributed by atoms with Crippen molar-refractivity contribution in [1.82, 2.24) is 9.97 Å². The van der Waals surface area contributed by atoms with Crippen LogP contribution in [0.2, 0.25) is 0 Å². The Morgan fingerprint density at radius 2 is 0.500 bits per heavy atom. The molecule has 0 spiro atoms. The van der Waals surface area contributed by atoms with Crippen molar-refractivity contribution in [2.24, 2.45) is 0 Å². The molecule has 0 aliphatic heterocycles. The number of hydrogen-bond donors (Lipinski definition) is 2. The second kappa shape index (κ2) is 11.9. The SMILES string of the molecule is CC(C)(C)c1cc2sc3cc(C(C)(C)C)cc4c5ccc(s5)c5cc(C(C)(C)C)cc6sc7cc(C(C)(C)C)cc(c8ccc(s8)c(c1)c2[nH]c34)c7[nH]c65. The van der Waals surface area contributed by atoms with E-state index in [9.17, 15) is 0 Å². The van der Waals surface area contributed by atoms with E-state index in [1.54, 1.807) is 0 Å². The van der Waals surface area contributed by atoms with E-state index in [1.165, 1.54) is 103 Å². The van der Waals surface area contributed by atoms with Crippen molar-refractivity contribution in [2.75, 3.05) is 0 Å². The summed E-state index contributed by atoms with van der Waals surface area (Å²) >= 11 is 7.69. The first-order chi connectivity index (χ1) is 25.2. The summed E-state index contributed by atoms with van der Waals surface area (Å²) in [5.74, 6) is 0. The largest absolute Gasteiger partial charge is 0.352 e. The molecule has 0 saturated carbocycles. The molecule has 0 amide bonds. The van der Waals surface area contributed by atoms with Crippen LogP contribution in [0.3, 0.4) is 0 Å². The first-order valence-corrected chi connectivity index (χ1v) is 22.3. The maximum Gasteiger partial charge on any atom is 0.0648 e. The Balaban J connectivity index is 1.58. The molecule has 276 valence electrons. The molecule has 0 fully saturated rings. The van der Waals surface area contributed by atoms with E-state index in [1.807, 2.05) is 45.3 Å². The summed E-state index contributed by atoms with van der Waals surface area (Å²) in [6.45, 7) is 28.0. The highest BCUT2D eigenvalue weighted by atomic mass is 32.1. The van der Waals surface area contributed by atoms with Crippen molar-refractivity contribution in [2.45, 2.75) is 105 Å². The smallest absolute Gasteiger partial charge is 0.0648 e. The lowest BCUT2D eigenvalue weighted by Crippen LogP contribution is -2.11. The zero-order valence-corrected chi connectivity index (χ0v) is 36.8. The Morgan fingerprint density at radius 3 is 0.704 bits per heavy atom. The minimum Gasteiger partial charge on any atom is -0.352 e. The van der Waals surface area contributed by atoms with Gasteiger partial charge in [0.05, 0.1) is 40.9 Å². The molecule has 9 rings (SSSR count). The third-order valence-electron chi connectivity index (χ3n) is 11.1. The van der Waals surface area contributed by atoms with Crippen LogP contribution in [0.5, 0.6) is 0 Å². The minimum atomic E-state index is 0.00665. The molecule has 9 aromatic rings. The molecule has 0 radical (unpaired) electrons. The molecule has 0 saturated heterocycles. The summed E-state index contributed by atoms with van der Waals surface area (Å²) in [4.78, 5) is 8.21. The normalized spacial score (nSPS) is 13.6. The highest BCUT2D eigenvalue weighted by Gasteiger charge is 2.22. The molecular formula is C48H50N2S4. The molecule has 0 unspecified atom stereocenters. The maximum atomic E-state index is 4.11. The van der Waals surface area contributed by atoms with Gasteiger partial charge < -0.3 is 9.97 Å². The summed E-state index contributed by atoms with van der Waals surface area (Å²) < 4.78 is 10.3. The molecule has 5 aromatic heterocycles. The summed E-state index contributed by atoms with van der Waals surface area (Å²) in [5, 5.41) is 5.12. The number of hydrogen-bond acceptors (Lipinski definition) is 4. The van der Waals surface area contributed by atoms with E-state index in [-0.39, 0.29) is 21.7 Å². The minimum absolute atomic E-state index is 0.00665. The highest BCUT2D eigenvalue weighted by molar-refractivity contribution is 7.27. The van der Waals surface area contributed by atoms with Gasteiger partial charge in [0.2, 0.25) is 0 Å². The summed E-state index contributed by atoms with van der Waals surface area (Å²) in [5.41, 5.74) is 10.3. The van der Waals surface area contributed by atoms with Crippen LogP contribution in [0.15, 0.2) is 72.8 Å². The van der Waals surface area contributed by atoms with Crippen LogP contribution >= 0.6 is 45.3 Å². The van der Waals surface area contributed by atoms with Gasteiger partial charge in [-0.25, -0.2) is 0 Å². The predicted octanol–water partition coefficient (Wildman–Crippen LogP) is 16.7.